The Bertz CT molecular complexity index is 1370. The summed E-state index contributed by atoms with van der Waals surface area (Å²) < 4.78 is 53.3. The Morgan fingerprint density at radius 3 is 1.77 bits per heavy atom. The van der Waals surface area contributed by atoms with Crippen molar-refractivity contribution in [2.75, 3.05) is 19.0 Å². The molecule has 3 aromatic rings. The van der Waals surface area contributed by atoms with Gasteiger partial charge in [-0.05, 0) is 39.8 Å². The van der Waals surface area contributed by atoms with Gasteiger partial charge in [-0.2, -0.15) is 18.6 Å². The van der Waals surface area contributed by atoms with Crippen molar-refractivity contribution in [3.05, 3.63) is 49.1 Å². The van der Waals surface area contributed by atoms with Crippen molar-refractivity contribution in [2.45, 2.75) is 49.8 Å². The van der Waals surface area contributed by atoms with Gasteiger partial charge in [-0.25, -0.2) is 18.1 Å². The lowest BCUT2D eigenvalue weighted by atomic mass is 10.4. The van der Waals surface area contributed by atoms with Gasteiger partial charge in [0, 0.05) is 60.8 Å². The van der Waals surface area contributed by atoms with E-state index in [0.717, 1.165) is 10.3 Å². The Balaban J connectivity index is 0.000000303. The molecule has 2 N–H and O–H groups in total. The molecule has 13 nitrogen and oxygen atoms in total. The Morgan fingerprint density at radius 2 is 1.40 bits per heavy atom. The number of nitrogens with zero attached hydrogens (tertiary/aromatic N) is 7. The molecule has 0 saturated carbocycles. The van der Waals surface area contributed by atoms with Gasteiger partial charge in [-0.15, -0.1) is 0 Å². The second-order valence-electron chi connectivity index (χ2n) is 8.21. The molecule has 0 aliphatic heterocycles. The van der Waals surface area contributed by atoms with E-state index in [4.69, 9.17) is 5.14 Å². The molecule has 15 heteroatoms. The molecule has 3 aromatic heterocycles. The van der Waals surface area contributed by atoms with Crippen LogP contribution in [-0.2, 0) is 20.0 Å². The highest BCUT2D eigenvalue weighted by Crippen LogP contribution is 2.12. The summed E-state index contributed by atoms with van der Waals surface area (Å²) in [5, 5.41) is 24.3. The number of hydrogen-bond donors (Lipinski definition) is 1. The van der Waals surface area contributed by atoms with Crippen LogP contribution in [0.2, 0.25) is 0 Å². The van der Waals surface area contributed by atoms with Gasteiger partial charge in [0.05, 0.1) is 12.4 Å². The molecular weight excluding hydrogens is 496 g/mol. The van der Waals surface area contributed by atoms with E-state index in [1.807, 2.05) is 46.7 Å². The van der Waals surface area contributed by atoms with E-state index in [2.05, 4.69) is 14.6 Å². The predicted molar refractivity (Wildman–Crippen MR) is 128 cm³/mol. The Hall–Kier alpha value is -3.30. The van der Waals surface area contributed by atoms with Gasteiger partial charge in [0.15, 0.2) is 5.03 Å². The van der Waals surface area contributed by atoms with Crippen LogP contribution in [0.1, 0.15) is 39.8 Å². The molecule has 0 atom stereocenters. The summed E-state index contributed by atoms with van der Waals surface area (Å²) in [6.45, 7) is 7.54. The number of anilines is 1. The van der Waals surface area contributed by atoms with Gasteiger partial charge < -0.3 is 10.0 Å². The zero-order chi connectivity index (χ0) is 26.6. The van der Waals surface area contributed by atoms with Crippen LogP contribution in [0.4, 0.5) is 5.69 Å². The van der Waals surface area contributed by atoms with Gasteiger partial charge >= 0.3 is 10.0 Å². The molecule has 192 valence electrons. The first-order valence-corrected chi connectivity index (χ1v) is 13.4. The van der Waals surface area contributed by atoms with Crippen molar-refractivity contribution in [1.29, 1.82) is 0 Å². The van der Waals surface area contributed by atoms with Gasteiger partial charge in [-0.1, -0.05) is 0 Å². The van der Waals surface area contributed by atoms with Crippen molar-refractivity contribution in [3.63, 3.8) is 0 Å². The predicted octanol–water partition coefficient (Wildman–Crippen LogP) is -0.118. The molecule has 3 heterocycles. The Kier molecular flexibility index (Phi) is 8.75. The molecular formula is C20H30N8O5S2. The first-order valence-electron chi connectivity index (χ1n) is 10.5. The highest BCUT2D eigenvalue weighted by Gasteiger charge is 2.23. The molecule has 0 aliphatic carbocycles. The van der Waals surface area contributed by atoms with Crippen LogP contribution < -0.4 is 19.7 Å². The topological polar surface area (TPSA) is 172 Å². The Labute approximate surface area is 205 Å². The summed E-state index contributed by atoms with van der Waals surface area (Å²) in [6.07, 6.45) is 6.05. The van der Waals surface area contributed by atoms with Gasteiger partial charge in [0.2, 0.25) is 5.03 Å². The van der Waals surface area contributed by atoms with Gasteiger partial charge in [0.1, 0.15) is 0 Å². The minimum Gasteiger partial charge on any atom is -0.806 e. The van der Waals surface area contributed by atoms with E-state index in [1.54, 1.807) is 23.0 Å². The van der Waals surface area contributed by atoms with E-state index in [0.29, 0.717) is 0 Å². The lowest BCUT2D eigenvalue weighted by Crippen LogP contribution is -2.51. The number of primary sulfonamides is 1. The van der Waals surface area contributed by atoms with E-state index >= 15 is 0 Å². The average molecular weight is 527 g/mol. The van der Waals surface area contributed by atoms with Gasteiger partial charge in [0.25, 0.3) is 16.0 Å². The van der Waals surface area contributed by atoms with Crippen LogP contribution in [0.15, 0.2) is 63.5 Å². The molecule has 0 radical (unpaired) electrons. The number of sulfonamides is 2. The number of pyridine rings is 1. The number of nitrogens with two attached hydrogens (primary N) is 1. The maximum absolute atomic E-state index is 12.1. The van der Waals surface area contributed by atoms with E-state index in [1.165, 1.54) is 35.4 Å². The fourth-order valence-corrected chi connectivity index (χ4v) is 3.83. The minimum atomic E-state index is -4.13. The van der Waals surface area contributed by atoms with Crippen LogP contribution in [0.5, 0.6) is 0 Å². The third-order valence-corrected chi connectivity index (χ3v) is 6.47. The summed E-state index contributed by atoms with van der Waals surface area (Å²) in [5.74, 6) is 0. The standard InChI is InChI=1S/C14H19N5O3S.C6H11N3O2S/c1-11(2)19-10-7-13(15-19)23(21,22)16-14(20)18-8-5-12(6-9-18)17(3)4;1-5(2)9-4-3-6(8-9)12(7,10)11/h5-11H,1-4H3;3-5H,1-2H3,(H2,7,10,11). The number of hydrogen-bond acceptors (Lipinski definition) is 8. The van der Waals surface area contributed by atoms with Crippen molar-refractivity contribution in [3.8, 4) is 0 Å². The maximum atomic E-state index is 12.1. The van der Waals surface area contributed by atoms with Crippen molar-refractivity contribution >= 4 is 31.8 Å². The lowest BCUT2D eigenvalue weighted by Gasteiger charge is -2.12. The SMILES string of the molecule is CC(C)n1ccc(S(=O)(=O)N=C([O-])[n+]2ccc(N(C)C)cc2)n1.CC(C)n1ccc(S(N)(=O)=O)n1. The smallest absolute Gasteiger partial charge is 0.388 e. The van der Waals surface area contributed by atoms with Crippen molar-refractivity contribution in [1.82, 2.24) is 19.6 Å². The van der Waals surface area contributed by atoms with E-state index in [9.17, 15) is 21.9 Å². The zero-order valence-corrected chi connectivity index (χ0v) is 22.0. The number of rotatable bonds is 6. The van der Waals surface area contributed by atoms with Crippen LogP contribution in [0.25, 0.3) is 0 Å². The molecule has 0 aromatic carbocycles. The maximum Gasteiger partial charge on any atom is 0.388 e. The largest absolute Gasteiger partial charge is 0.806 e. The lowest BCUT2D eigenvalue weighted by molar-refractivity contribution is -0.613. The highest BCUT2D eigenvalue weighted by molar-refractivity contribution is 7.90. The fourth-order valence-electron chi connectivity index (χ4n) is 2.55. The molecule has 35 heavy (non-hydrogen) atoms. The van der Waals surface area contributed by atoms with Crippen molar-refractivity contribution < 1.29 is 26.5 Å². The second kappa shape index (κ2) is 11.0. The molecule has 3 rings (SSSR count). The fraction of sp³-hybridized carbons (Fsp3) is 0.400. The summed E-state index contributed by atoms with van der Waals surface area (Å²) in [7, 11) is -4.06. The third-order valence-electron chi connectivity index (χ3n) is 4.53. The van der Waals surface area contributed by atoms with Crippen LogP contribution in [0, 0.1) is 0 Å². The average Bonchev–Trinajstić information content (AvgIpc) is 3.44. The monoisotopic (exact) mass is 526 g/mol. The molecule has 0 saturated heterocycles. The molecule has 0 bridgehead atoms. The second-order valence-corrected chi connectivity index (χ2v) is 11.3. The molecule has 0 fully saturated rings. The molecule has 0 unspecified atom stereocenters. The normalized spacial score (nSPS) is 12.5. The van der Waals surface area contributed by atoms with Crippen LogP contribution in [0.3, 0.4) is 0 Å². The number of aromatic nitrogens is 5. The summed E-state index contributed by atoms with van der Waals surface area (Å²) in [5.41, 5.74) is 0.882. The summed E-state index contributed by atoms with van der Waals surface area (Å²) in [6, 6.07) is 5.35. The first-order chi connectivity index (χ1) is 16.1. The molecule has 0 amide bonds. The van der Waals surface area contributed by atoms with E-state index < -0.39 is 26.1 Å². The minimum absolute atomic E-state index is 0.0163. The van der Waals surface area contributed by atoms with E-state index in [-0.39, 0.29) is 22.1 Å². The summed E-state index contributed by atoms with van der Waals surface area (Å²) >= 11 is 0. The molecule has 0 spiro atoms. The van der Waals surface area contributed by atoms with Crippen LogP contribution >= 0.6 is 0 Å². The first kappa shape index (κ1) is 27.9. The molecule has 0 aliphatic rings. The zero-order valence-electron chi connectivity index (χ0n) is 20.3. The van der Waals surface area contributed by atoms with Gasteiger partial charge in [-0.3, -0.25) is 9.36 Å². The Morgan fingerprint density at radius 1 is 0.943 bits per heavy atom. The third kappa shape index (κ3) is 7.60. The van der Waals surface area contributed by atoms with Crippen LogP contribution in [-0.4, -0.2) is 56.5 Å². The highest BCUT2D eigenvalue weighted by atomic mass is 32.2. The van der Waals surface area contributed by atoms with Crippen molar-refractivity contribution in [2.24, 2.45) is 9.54 Å². The quantitative estimate of drug-likeness (QED) is 0.263. The summed E-state index contributed by atoms with van der Waals surface area (Å²) in [4.78, 5) is 1.86.